The quantitative estimate of drug-likeness (QED) is 0.724. The zero-order valence-electron chi connectivity index (χ0n) is 13.3. The number of carbonyl (C=O) groups excluding carboxylic acids is 1. The largest absolute Gasteiger partial charge is 0.323 e. The summed E-state index contributed by atoms with van der Waals surface area (Å²) in [6, 6.07) is 14.0. The van der Waals surface area contributed by atoms with Crippen LogP contribution in [0.15, 0.2) is 42.5 Å². The van der Waals surface area contributed by atoms with Gasteiger partial charge >= 0.3 is 0 Å². The van der Waals surface area contributed by atoms with Crippen LogP contribution in [0.2, 0.25) is 5.02 Å². The lowest BCUT2D eigenvalue weighted by Gasteiger charge is -2.42. The van der Waals surface area contributed by atoms with Gasteiger partial charge in [0.25, 0.3) is 0 Å². The van der Waals surface area contributed by atoms with Crippen LogP contribution in [0.4, 0.5) is 0 Å². The molecule has 0 unspecified atom stereocenters. The van der Waals surface area contributed by atoms with E-state index in [0.29, 0.717) is 5.02 Å². The Morgan fingerprint density at radius 3 is 2.71 bits per heavy atom. The molecule has 0 atom stereocenters. The summed E-state index contributed by atoms with van der Waals surface area (Å²) >= 11 is 7.80. The third-order valence-electron chi connectivity index (χ3n) is 4.52. The minimum absolute atomic E-state index is 0.135. The van der Waals surface area contributed by atoms with E-state index in [0.717, 1.165) is 34.6 Å². The highest BCUT2D eigenvalue weighted by molar-refractivity contribution is 7.16. The number of halogens is 1. The summed E-state index contributed by atoms with van der Waals surface area (Å²) in [5.74, 6) is -0.135. The number of hydrogen-bond donors (Lipinski definition) is 0. The van der Waals surface area contributed by atoms with Gasteiger partial charge < -0.3 is 4.90 Å². The summed E-state index contributed by atoms with van der Waals surface area (Å²) in [7, 11) is 1.71. The second-order valence-corrected chi connectivity index (χ2v) is 7.43. The Labute approximate surface area is 150 Å². The molecule has 0 saturated heterocycles. The van der Waals surface area contributed by atoms with Gasteiger partial charge in [0.05, 0.1) is 6.07 Å². The van der Waals surface area contributed by atoms with Gasteiger partial charge in [-0.05, 0) is 43.5 Å². The summed E-state index contributed by atoms with van der Waals surface area (Å²) < 4.78 is 0. The maximum absolute atomic E-state index is 12.3. The van der Waals surface area contributed by atoms with Gasteiger partial charge in [-0.2, -0.15) is 5.26 Å². The molecule has 0 aliphatic heterocycles. The average molecular weight is 357 g/mol. The Morgan fingerprint density at radius 1 is 1.33 bits per heavy atom. The van der Waals surface area contributed by atoms with Crippen LogP contribution >= 0.6 is 22.9 Å². The summed E-state index contributed by atoms with van der Waals surface area (Å²) in [5, 5.41) is 10.0. The van der Waals surface area contributed by atoms with Crippen molar-refractivity contribution < 1.29 is 4.79 Å². The van der Waals surface area contributed by atoms with E-state index in [1.165, 1.54) is 0 Å². The second kappa shape index (κ2) is 6.80. The van der Waals surface area contributed by atoms with Gasteiger partial charge in [-0.3, -0.25) is 4.79 Å². The first-order valence-electron chi connectivity index (χ1n) is 7.78. The molecule has 3 nitrogen and oxygen atoms in total. The molecular formula is C19H17ClN2OS. The summed E-state index contributed by atoms with van der Waals surface area (Å²) in [4.78, 5) is 15.9. The number of carbonyl (C=O) groups is 1. The van der Waals surface area contributed by atoms with Gasteiger partial charge in [0.2, 0.25) is 5.91 Å². The fourth-order valence-corrected chi connectivity index (χ4v) is 4.00. The predicted molar refractivity (Wildman–Crippen MR) is 98.8 cm³/mol. The smallest absolute Gasteiger partial charge is 0.247 e. The molecule has 0 N–H and O–H groups in total. The van der Waals surface area contributed by atoms with E-state index in [1.807, 2.05) is 36.4 Å². The minimum Gasteiger partial charge on any atom is -0.323 e. The number of likely N-dealkylation sites (N-methyl/N-ethyl adjacent to an activating group) is 1. The zero-order valence-corrected chi connectivity index (χ0v) is 14.9. The molecule has 1 saturated carbocycles. The van der Waals surface area contributed by atoms with Crippen molar-refractivity contribution in [2.24, 2.45) is 0 Å². The molecule has 1 aromatic carbocycles. The van der Waals surface area contributed by atoms with Gasteiger partial charge in [0.1, 0.15) is 5.54 Å². The molecular weight excluding hydrogens is 340 g/mol. The van der Waals surface area contributed by atoms with Gasteiger partial charge in [-0.25, -0.2) is 0 Å². The summed E-state index contributed by atoms with van der Waals surface area (Å²) in [6.07, 6.45) is 5.86. The van der Waals surface area contributed by atoms with Crippen LogP contribution in [0.3, 0.4) is 0 Å². The molecule has 0 bridgehead atoms. The molecule has 1 aliphatic carbocycles. The van der Waals surface area contributed by atoms with E-state index in [9.17, 15) is 10.1 Å². The van der Waals surface area contributed by atoms with Crippen LogP contribution in [0.5, 0.6) is 0 Å². The number of amides is 1. The number of nitrogens with zero attached hydrogens (tertiary/aromatic N) is 2. The molecule has 2 aromatic rings. The topological polar surface area (TPSA) is 44.1 Å². The standard InChI is InChI=1S/C19H17ClN2OS/c1-22(19(13-21)11-4-12-19)18(23)10-8-14-7-9-17(24-14)15-5-2-3-6-16(15)20/h2-3,5-10H,4,11-12H2,1H3/b10-8+. The maximum atomic E-state index is 12.3. The van der Waals surface area contributed by atoms with Crippen LogP contribution in [0.1, 0.15) is 24.1 Å². The van der Waals surface area contributed by atoms with Gasteiger partial charge in [0.15, 0.2) is 0 Å². The number of hydrogen-bond acceptors (Lipinski definition) is 3. The molecule has 1 fully saturated rings. The summed E-state index contributed by atoms with van der Waals surface area (Å²) in [5.41, 5.74) is 0.379. The highest BCUT2D eigenvalue weighted by Crippen LogP contribution is 2.37. The number of nitriles is 1. The van der Waals surface area contributed by atoms with Gasteiger partial charge in [-0.1, -0.05) is 29.8 Å². The second-order valence-electron chi connectivity index (χ2n) is 5.91. The third-order valence-corrected chi connectivity index (χ3v) is 5.93. The molecule has 0 spiro atoms. The first-order valence-corrected chi connectivity index (χ1v) is 8.97. The van der Waals surface area contributed by atoms with E-state index in [2.05, 4.69) is 6.07 Å². The fourth-order valence-electron chi connectivity index (χ4n) is 2.76. The zero-order chi connectivity index (χ0) is 17.2. The van der Waals surface area contributed by atoms with E-state index in [1.54, 1.807) is 35.4 Å². The van der Waals surface area contributed by atoms with Crippen molar-refractivity contribution in [2.45, 2.75) is 24.8 Å². The highest BCUT2D eigenvalue weighted by atomic mass is 35.5. The highest BCUT2D eigenvalue weighted by Gasteiger charge is 2.42. The van der Waals surface area contributed by atoms with Gasteiger partial charge in [-0.15, -0.1) is 11.3 Å². The van der Waals surface area contributed by atoms with E-state index in [-0.39, 0.29) is 5.91 Å². The van der Waals surface area contributed by atoms with Crippen molar-refractivity contribution in [3.63, 3.8) is 0 Å². The third kappa shape index (κ3) is 3.10. The molecule has 24 heavy (non-hydrogen) atoms. The minimum atomic E-state index is -0.612. The van der Waals surface area contributed by atoms with Crippen LogP contribution in [-0.2, 0) is 4.79 Å². The SMILES string of the molecule is CN(C(=O)/C=C/c1ccc(-c2ccccc2Cl)s1)C1(C#N)CCC1. The Hall–Kier alpha value is -2.09. The number of thiophene rings is 1. The Morgan fingerprint density at radius 2 is 2.08 bits per heavy atom. The first kappa shape index (κ1) is 16.8. The number of rotatable bonds is 4. The Bertz CT molecular complexity index is 830. The van der Waals surface area contributed by atoms with Crippen molar-refractivity contribution in [3.05, 3.63) is 52.4 Å². The van der Waals surface area contributed by atoms with Crippen molar-refractivity contribution >= 4 is 34.9 Å². The molecule has 1 heterocycles. The lowest BCUT2D eigenvalue weighted by atomic mass is 9.76. The van der Waals surface area contributed by atoms with Crippen molar-refractivity contribution in [3.8, 4) is 16.5 Å². The average Bonchev–Trinajstić information content (AvgIpc) is 3.01. The molecule has 0 radical (unpaired) electrons. The molecule has 1 aliphatic rings. The monoisotopic (exact) mass is 356 g/mol. The van der Waals surface area contributed by atoms with Crippen LogP contribution < -0.4 is 0 Å². The van der Waals surface area contributed by atoms with E-state index < -0.39 is 5.54 Å². The van der Waals surface area contributed by atoms with E-state index >= 15 is 0 Å². The Kier molecular flexibility index (Phi) is 4.75. The number of benzene rings is 1. The molecule has 5 heteroatoms. The molecule has 1 aromatic heterocycles. The van der Waals surface area contributed by atoms with Crippen LogP contribution in [0.25, 0.3) is 16.5 Å². The van der Waals surface area contributed by atoms with Crippen molar-refractivity contribution in [1.29, 1.82) is 5.26 Å². The van der Waals surface area contributed by atoms with Gasteiger partial charge in [0, 0.05) is 33.5 Å². The molecule has 122 valence electrons. The summed E-state index contributed by atoms with van der Waals surface area (Å²) in [6.45, 7) is 0. The van der Waals surface area contributed by atoms with E-state index in [4.69, 9.17) is 11.6 Å². The molecule has 1 amide bonds. The van der Waals surface area contributed by atoms with Crippen molar-refractivity contribution in [2.75, 3.05) is 7.05 Å². The van der Waals surface area contributed by atoms with Crippen LogP contribution in [-0.4, -0.2) is 23.4 Å². The van der Waals surface area contributed by atoms with Crippen LogP contribution in [0, 0.1) is 11.3 Å². The normalized spacial score (nSPS) is 15.7. The first-order chi connectivity index (χ1) is 11.6. The Balaban J connectivity index is 1.73. The lowest BCUT2D eigenvalue weighted by Crippen LogP contribution is -2.52. The van der Waals surface area contributed by atoms with Crippen molar-refractivity contribution in [1.82, 2.24) is 4.90 Å². The maximum Gasteiger partial charge on any atom is 0.247 e. The molecule has 3 rings (SSSR count). The fraction of sp³-hybridized carbons (Fsp3) is 0.263. The lowest BCUT2D eigenvalue weighted by molar-refractivity contribution is -0.130. The predicted octanol–water partition coefficient (Wildman–Crippen LogP) is 4.99.